The van der Waals surface area contributed by atoms with Crippen molar-refractivity contribution in [1.82, 2.24) is 15.5 Å². The zero-order valence-corrected chi connectivity index (χ0v) is 15.8. The number of imide groups is 1. The highest BCUT2D eigenvalue weighted by Gasteiger charge is 2.50. The van der Waals surface area contributed by atoms with Crippen molar-refractivity contribution in [3.05, 3.63) is 71.8 Å². The van der Waals surface area contributed by atoms with Gasteiger partial charge in [0.25, 0.3) is 5.91 Å². The van der Waals surface area contributed by atoms with Crippen LogP contribution in [0.15, 0.2) is 60.7 Å². The smallest absolute Gasteiger partial charge is 0.325 e. The quantitative estimate of drug-likeness (QED) is 0.759. The Morgan fingerprint density at radius 2 is 1.57 bits per heavy atom. The zero-order chi connectivity index (χ0) is 19.8. The number of benzene rings is 2. The third-order valence-corrected chi connectivity index (χ3v) is 5.79. The summed E-state index contributed by atoms with van der Waals surface area (Å²) in [5.41, 5.74) is 0.729. The first-order valence-corrected chi connectivity index (χ1v) is 9.46. The number of nitrogens with one attached hydrogen (secondary N) is 2. The lowest BCUT2D eigenvalue weighted by Gasteiger charge is -2.22. The van der Waals surface area contributed by atoms with E-state index >= 15 is 0 Å². The first-order chi connectivity index (χ1) is 13.4. The lowest BCUT2D eigenvalue weighted by Crippen LogP contribution is -2.44. The number of urea groups is 1. The van der Waals surface area contributed by atoms with E-state index in [1.807, 2.05) is 36.4 Å². The average Bonchev–Trinajstić information content (AvgIpc) is 3.48. The predicted molar refractivity (Wildman–Crippen MR) is 104 cm³/mol. The number of hydrogen-bond donors (Lipinski definition) is 2. The summed E-state index contributed by atoms with van der Waals surface area (Å²) in [5.74, 6) is -0.744. The van der Waals surface area contributed by atoms with Gasteiger partial charge in [-0.15, -0.1) is 0 Å². The van der Waals surface area contributed by atoms with E-state index in [4.69, 9.17) is 0 Å². The maximum atomic E-state index is 12.9. The van der Waals surface area contributed by atoms with E-state index in [1.54, 1.807) is 19.1 Å². The van der Waals surface area contributed by atoms with Crippen molar-refractivity contribution < 1.29 is 14.4 Å². The molecule has 0 bridgehead atoms. The third kappa shape index (κ3) is 3.15. The number of hydrogen-bond acceptors (Lipinski definition) is 3. The molecule has 6 heteroatoms. The summed E-state index contributed by atoms with van der Waals surface area (Å²) in [5, 5.41) is 5.63. The lowest BCUT2D eigenvalue weighted by atomic mass is 9.92. The first-order valence-electron chi connectivity index (χ1n) is 9.46. The second-order valence-corrected chi connectivity index (χ2v) is 7.74. The Morgan fingerprint density at radius 1 is 1.00 bits per heavy atom. The van der Waals surface area contributed by atoms with Gasteiger partial charge in [-0.05, 0) is 30.9 Å². The Hall–Kier alpha value is -3.15. The molecule has 144 valence electrons. The number of carbonyl (C=O) groups excluding carboxylic acids is 3. The Kier molecular flexibility index (Phi) is 4.41. The van der Waals surface area contributed by atoms with Gasteiger partial charge in [0.1, 0.15) is 12.1 Å². The maximum absolute atomic E-state index is 12.9. The molecule has 1 unspecified atom stereocenters. The van der Waals surface area contributed by atoms with Crippen LogP contribution >= 0.6 is 0 Å². The average molecular weight is 377 g/mol. The number of rotatable bonds is 6. The van der Waals surface area contributed by atoms with E-state index in [-0.39, 0.29) is 17.9 Å². The van der Waals surface area contributed by atoms with Crippen molar-refractivity contribution in [2.45, 2.75) is 30.7 Å². The molecule has 0 radical (unpaired) electrons. The van der Waals surface area contributed by atoms with Crippen LogP contribution in [-0.4, -0.2) is 35.8 Å². The van der Waals surface area contributed by atoms with Crippen LogP contribution < -0.4 is 10.6 Å². The van der Waals surface area contributed by atoms with E-state index in [9.17, 15) is 14.4 Å². The van der Waals surface area contributed by atoms with E-state index in [2.05, 4.69) is 22.8 Å². The van der Waals surface area contributed by atoms with E-state index in [0.717, 1.165) is 17.7 Å². The van der Waals surface area contributed by atoms with Crippen molar-refractivity contribution >= 4 is 17.8 Å². The third-order valence-electron chi connectivity index (χ3n) is 5.79. The Morgan fingerprint density at radius 3 is 2.14 bits per heavy atom. The number of nitrogens with zero attached hydrogens (tertiary/aromatic N) is 1. The van der Waals surface area contributed by atoms with Crippen molar-refractivity contribution in [2.75, 3.05) is 13.1 Å². The van der Waals surface area contributed by atoms with Crippen LogP contribution in [0, 0.1) is 0 Å². The summed E-state index contributed by atoms with van der Waals surface area (Å²) in [6.45, 7) is 1.89. The first kappa shape index (κ1) is 18.2. The molecule has 0 aromatic heterocycles. The van der Waals surface area contributed by atoms with Crippen molar-refractivity contribution in [3.8, 4) is 0 Å². The fourth-order valence-corrected chi connectivity index (χ4v) is 3.79. The zero-order valence-electron chi connectivity index (χ0n) is 15.8. The van der Waals surface area contributed by atoms with Crippen LogP contribution in [-0.2, 0) is 20.5 Å². The van der Waals surface area contributed by atoms with Gasteiger partial charge in [-0.2, -0.15) is 0 Å². The second-order valence-electron chi connectivity index (χ2n) is 7.74. The highest BCUT2D eigenvalue weighted by molar-refractivity contribution is 6.09. The molecule has 2 aromatic rings. The highest BCUT2D eigenvalue weighted by atomic mass is 16.2. The molecular formula is C22H23N3O3. The maximum Gasteiger partial charge on any atom is 0.325 e. The summed E-state index contributed by atoms with van der Waals surface area (Å²) in [7, 11) is 0. The van der Waals surface area contributed by atoms with Crippen molar-refractivity contribution in [1.29, 1.82) is 0 Å². The van der Waals surface area contributed by atoms with Crippen molar-refractivity contribution in [2.24, 2.45) is 0 Å². The van der Waals surface area contributed by atoms with Crippen LogP contribution in [0.4, 0.5) is 4.79 Å². The molecule has 1 saturated heterocycles. The second kappa shape index (κ2) is 6.78. The molecule has 1 aliphatic heterocycles. The number of amides is 4. The van der Waals surface area contributed by atoms with Crippen molar-refractivity contribution in [3.63, 3.8) is 0 Å². The standard InChI is InChI=1S/C22H23N3O3/c1-21(16-8-4-2-5-9-16)19(27)25(20(28)24-21)14-18(26)23-15-22(12-13-22)17-10-6-3-7-11-17/h2-11H,12-15H2,1H3,(H,23,26)(H,24,28). The Bertz CT molecular complexity index is 909. The minimum Gasteiger partial charge on any atom is -0.354 e. The van der Waals surface area contributed by atoms with Crippen LogP contribution in [0.3, 0.4) is 0 Å². The number of carbonyl (C=O) groups is 3. The van der Waals surface area contributed by atoms with Crippen LogP contribution in [0.2, 0.25) is 0 Å². The minimum atomic E-state index is -1.15. The normalized spacial score (nSPS) is 22.7. The molecule has 28 heavy (non-hydrogen) atoms. The van der Waals surface area contributed by atoms with Gasteiger partial charge in [0.05, 0.1) is 0 Å². The molecule has 4 rings (SSSR count). The van der Waals surface area contributed by atoms with Gasteiger partial charge in [-0.3, -0.25) is 14.5 Å². The Balaban J connectivity index is 1.40. The topological polar surface area (TPSA) is 78.5 Å². The van der Waals surface area contributed by atoms with E-state index < -0.39 is 17.5 Å². The van der Waals surface area contributed by atoms with Gasteiger partial charge >= 0.3 is 6.03 Å². The predicted octanol–water partition coefficient (Wildman–Crippen LogP) is 2.30. The van der Waals surface area contributed by atoms with Crippen LogP contribution in [0.25, 0.3) is 0 Å². The monoisotopic (exact) mass is 377 g/mol. The molecule has 2 N–H and O–H groups in total. The summed E-state index contributed by atoms with van der Waals surface area (Å²) in [6, 6.07) is 18.6. The van der Waals surface area contributed by atoms with E-state index in [1.165, 1.54) is 5.56 Å². The van der Waals surface area contributed by atoms with Gasteiger partial charge in [-0.1, -0.05) is 60.7 Å². The Labute approximate surface area is 163 Å². The summed E-state index contributed by atoms with van der Waals surface area (Å²) >= 11 is 0. The molecule has 1 atom stereocenters. The minimum absolute atomic E-state index is 0.0211. The SMILES string of the molecule is CC1(c2ccccc2)NC(=O)N(CC(=O)NCC2(c3ccccc3)CC2)C1=O. The summed E-state index contributed by atoms with van der Waals surface area (Å²) in [4.78, 5) is 38.7. The van der Waals surface area contributed by atoms with Gasteiger partial charge in [0.15, 0.2) is 0 Å². The molecule has 2 aliphatic rings. The molecule has 2 fully saturated rings. The fraction of sp³-hybridized carbons (Fsp3) is 0.318. The molecule has 4 amide bonds. The molecule has 0 spiro atoms. The van der Waals surface area contributed by atoms with Gasteiger partial charge in [-0.25, -0.2) is 4.79 Å². The summed E-state index contributed by atoms with van der Waals surface area (Å²) < 4.78 is 0. The molecular weight excluding hydrogens is 354 g/mol. The van der Waals surface area contributed by atoms with E-state index in [0.29, 0.717) is 12.1 Å². The lowest BCUT2D eigenvalue weighted by molar-refractivity contribution is -0.134. The van der Waals surface area contributed by atoms with Crippen LogP contribution in [0.5, 0.6) is 0 Å². The molecule has 1 saturated carbocycles. The molecule has 1 aliphatic carbocycles. The van der Waals surface area contributed by atoms with Crippen LogP contribution in [0.1, 0.15) is 30.9 Å². The molecule has 6 nitrogen and oxygen atoms in total. The molecule has 1 heterocycles. The van der Waals surface area contributed by atoms with Gasteiger partial charge in [0.2, 0.25) is 5.91 Å². The highest BCUT2D eigenvalue weighted by Crippen LogP contribution is 2.47. The summed E-state index contributed by atoms with van der Waals surface area (Å²) in [6.07, 6.45) is 2.04. The fourth-order valence-electron chi connectivity index (χ4n) is 3.79. The largest absolute Gasteiger partial charge is 0.354 e. The van der Waals surface area contributed by atoms with Gasteiger partial charge in [0, 0.05) is 12.0 Å². The molecule has 2 aromatic carbocycles. The van der Waals surface area contributed by atoms with Gasteiger partial charge < -0.3 is 10.6 Å².